The van der Waals surface area contributed by atoms with Crippen molar-refractivity contribution in [2.75, 3.05) is 13.7 Å². The molecule has 26 heavy (non-hydrogen) atoms. The molecule has 9 heteroatoms. The predicted molar refractivity (Wildman–Crippen MR) is 87.5 cm³/mol. The van der Waals surface area contributed by atoms with E-state index in [0.717, 1.165) is 4.57 Å². The number of benzene rings is 1. The number of ether oxygens (including phenoxy) is 1. The van der Waals surface area contributed by atoms with Gasteiger partial charge in [0.25, 0.3) is 0 Å². The van der Waals surface area contributed by atoms with E-state index in [1.807, 2.05) is 0 Å². The number of halogens is 3. The summed E-state index contributed by atoms with van der Waals surface area (Å²) in [6, 6.07) is 6.76. The van der Waals surface area contributed by atoms with Crippen LogP contribution in [0.1, 0.15) is 17.8 Å². The zero-order valence-corrected chi connectivity index (χ0v) is 14.4. The number of rotatable bonds is 7. The Morgan fingerprint density at radius 1 is 1.31 bits per heavy atom. The molecule has 1 aromatic heterocycles. The Bertz CT molecular complexity index is 744. The summed E-state index contributed by atoms with van der Waals surface area (Å²) in [4.78, 5) is 15.5. The summed E-state index contributed by atoms with van der Waals surface area (Å²) in [6.07, 6.45) is -3.16. The van der Waals surface area contributed by atoms with Crippen LogP contribution >= 0.6 is 0 Å². The van der Waals surface area contributed by atoms with Crippen molar-refractivity contribution < 1.29 is 27.8 Å². The second-order valence-corrected chi connectivity index (χ2v) is 5.84. The summed E-state index contributed by atoms with van der Waals surface area (Å²) in [5, 5.41) is 12.6. The second kappa shape index (κ2) is 7.77. The summed E-state index contributed by atoms with van der Waals surface area (Å²) in [5.41, 5.74) is -2.45. The van der Waals surface area contributed by atoms with Crippen molar-refractivity contribution in [3.05, 3.63) is 48.0 Å². The molecule has 0 saturated heterocycles. The number of aryl methyl sites for hydroxylation is 1. The number of hydrogen-bond acceptors (Lipinski definition) is 4. The van der Waals surface area contributed by atoms with E-state index in [0.29, 0.717) is 11.3 Å². The van der Waals surface area contributed by atoms with Gasteiger partial charge < -0.3 is 19.7 Å². The molecule has 2 rings (SSSR count). The van der Waals surface area contributed by atoms with Gasteiger partial charge in [-0.05, 0) is 17.7 Å². The van der Waals surface area contributed by atoms with Gasteiger partial charge in [-0.3, -0.25) is 4.79 Å². The van der Waals surface area contributed by atoms with Gasteiger partial charge in [-0.1, -0.05) is 12.1 Å². The van der Waals surface area contributed by atoms with E-state index in [9.17, 15) is 23.1 Å². The van der Waals surface area contributed by atoms with Gasteiger partial charge in [0.1, 0.15) is 11.6 Å². The lowest BCUT2D eigenvalue weighted by molar-refractivity contribution is -0.272. The Morgan fingerprint density at radius 2 is 1.96 bits per heavy atom. The summed E-state index contributed by atoms with van der Waals surface area (Å²) < 4.78 is 46.2. The summed E-state index contributed by atoms with van der Waals surface area (Å²) in [5.74, 6) is -0.326. The van der Waals surface area contributed by atoms with Crippen LogP contribution in [0.25, 0.3) is 0 Å². The number of imidazole rings is 1. The van der Waals surface area contributed by atoms with E-state index in [4.69, 9.17) is 4.74 Å². The van der Waals surface area contributed by atoms with Crippen LogP contribution in [0.5, 0.6) is 5.75 Å². The first-order chi connectivity index (χ1) is 12.2. The third-order valence-electron chi connectivity index (χ3n) is 3.99. The van der Waals surface area contributed by atoms with E-state index in [1.165, 1.54) is 26.6 Å². The van der Waals surface area contributed by atoms with E-state index < -0.39 is 29.9 Å². The molecule has 0 radical (unpaired) electrons. The first-order valence-electron chi connectivity index (χ1n) is 7.84. The average Bonchev–Trinajstić information content (AvgIpc) is 3.01. The Hall–Kier alpha value is -2.55. The minimum Gasteiger partial charge on any atom is -0.497 e. The van der Waals surface area contributed by atoms with Gasteiger partial charge >= 0.3 is 6.18 Å². The standard InChI is InChI=1S/C17H20F3N3O3/c1-23-10-9-22-15(23)16(25,17(18,19)20)7-8-21-14(24)11-12-3-5-13(26-2)6-4-12/h3-6,9-10,25H,7-8,11H2,1-2H3,(H,21,24). The second-order valence-electron chi connectivity index (χ2n) is 5.84. The number of aliphatic hydroxyl groups is 1. The minimum atomic E-state index is -4.92. The lowest BCUT2D eigenvalue weighted by Gasteiger charge is -2.30. The van der Waals surface area contributed by atoms with Gasteiger partial charge in [-0.2, -0.15) is 13.2 Å². The van der Waals surface area contributed by atoms with Crippen LogP contribution in [0.3, 0.4) is 0 Å². The summed E-state index contributed by atoms with van der Waals surface area (Å²) >= 11 is 0. The molecule has 2 aromatic rings. The van der Waals surface area contributed by atoms with Crippen molar-refractivity contribution in [1.82, 2.24) is 14.9 Å². The lowest BCUT2D eigenvalue weighted by atomic mass is 9.97. The van der Waals surface area contributed by atoms with Gasteiger partial charge in [0.15, 0.2) is 0 Å². The SMILES string of the molecule is COc1ccc(CC(=O)NCCC(O)(c2nccn2C)C(F)(F)F)cc1. The van der Waals surface area contributed by atoms with Crippen molar-refractivity contribution in [3.63, 3.8) is 0 Å². The van der Waals surface area contributed by atoms with Gasteiger partial charge in [0.05, 0.1) is 13.5 Å². The third kappa shape index (κ3) is 4.34. The molecule has 1 aromatic carbocycles. The van der Waals surface area contributed by atoms with Gasteiger partial charge in [0, 0.05) is 32.4 Å². The van der Waals surface area contributed by atoms with E-state index in [-0.39, 0.29) is 13.0 Å². The van der Waals surface area contributed by atoms with Gasteiger partial charge in [-0.15, -0.1) is 0 Å². The molecule has 1 unspecified atom stereocenters. The monoisotopic (exact) mass is 371 g/mol. The van der Waals surface area contributed by atoms with E-state index >= 15 is 0 Å². The van der Waals surface area contributed by atoms with Crippen molar-refractivity contribution >= 4 is 5.91 Å². The van der Waals surface area contributed by atoms with Crippen LogP contribution in [0, 0.1) is 0 Å². The maximum atomic E-state index is 13.4. The fraction of sp³-hybridized carbons (Fsp3) is 0.412. The van der Waals surface area contributed by atoms with Crippen LogP contribution < -0.4 is 10.1 Å². The van der Waals surface area contributed by atoms with Crippen molar-refractivity contribution in [3.8, 4) is 5.75 Å². The molecule has 0 saturated carbocycles. The maximum Gasteiger partial charge on any atom is 0.424 e. The zero-order valence-electron chi connectivity index (χ0n) is 14.4. The Labute approximate surface area is 148 Å². The molecule has 0 aliphatic heterocycles. The number of hydrogen-bond donors (Lipinski definition) is 2. The van der Waals surface area contributed by atoms with E-state index in [1.54, 1.807) is 24.3 Å². The van der Waals surface area contributed by atoms with Crippen LogP contribution in [0.4, 0.5) is 13.2 Å². The number of amides is 1. The summed E-state index contributed by atoms with van der Waals surface area (Å²) in [7, 11) is 2.88. The number of aromatic nitrogens is 2. The highest BCUT2D eigenvalue weighted by atomic mass is 19.4. The smallest absolute Gasteiger partial charge is 0.424 e. The topological polar surface area (TPSA) is 76.4 Å². The normalized spacial score (nSPS) is 13.9. The highest BCUT2D eigenvalue weighted by Crippen LogP contribution is 2.40. The van der Waals surface area contributed by atoms with Gasteiger partial charge in [0.2, 0.25) is 11.5 Å². The number of alkyl halides is 3. The number of nitrogens with zero attached hydrogens (tertiary/aromatic N) is 2. The highest BCUT2D eigenvalue weighted by Gasteiger charge is 2.57. The molecule has 0 spiro atoms. The maximum absolute atomic E-state index is 13.4. The Morgan fingerprint density at radius 3 is 2.46 bits per heavy atom. The van der Waals surface area contributed by atoms with Crippen LogP contribution in [-0.2, 0) is 23.9 Å². The van der Waals surface area contributed by atoms with Gasteiger partial charge in [-0.25, -0.2) is 4.98 Å². The number of methoxy groups -OCH3 is 1. The highest BCUT2D eigenvalue weighted by molar-refractivity contribution is 5.78. The number of nitrogens with one attached hydrogen (secondary N) is 1. The zero-order chi connectivity index (χ0) is 19.4. The van der Waals surface area contributed by atoms with Crippen molar-refractivity contribution in [2.45, 2.75) is 24.6 Å². The minimum absolute atomic E-state index is 0.0108. The molecule has 0 aliphatic rings. The van der Waals surface area contributed by atoms with Crippen molar-refractivity contribution in [1.29, 1.82) is 0 Å². The molecule has 0 bridgehead atoms. The molecular formula is C17H20F3N3O3. The first kappa shape index (κ1) is 19.8. The number of carbonyl (C=O) groups excluding carboxylic acids is 1. The van der Waals surface area contributed by atoms with Crippen molar-refractivity contribution in [2.24, 2.45) is 7.05 Å². The first-order valence-corrected chi connectivity index (χ1v) is 7.84. The molecule has 0 aliphatic carbocycles. The molecule has 0 fully saturated rings. The fourth-order valence-corrected chi connectivity index (χ4v) is 2.52. The molecule has 142 valence electrons. The number of carbonyl (C=O) groups is 1. The Kier molecular flexibility index (Phi) is 5.91. The lowest BCUT2D eigenvalue weighted by Crippen LogP contribution is -2.46. The van der Waals surface area contributed by atoms with Crippen LogP contribution in [0.2, 0.25) is 0 Å². The average molecular weight is 371 g/mol. The van der Waals surface area contributed by atoms with Crippen LogP contribution in [-0.4, -0.2) is 40.4 Å². The molecule has 1 amide bonds. The molecule has 1 atom stereocenters. The van der Waals surface area contributed by atoms with E-state index in [2.05, 4.69) is 10.3 Å². The van der Waals surface area contributed by atoms with Crippen LogP contribution in [0.15, 0.2) is 36.7 Å². The third-order valence-corrected chi connectivity index (χ3v) is 3.99. The quantitative estimate of drug-likeness (QED) is 0.780. The largest absolute Gasteiger partial charge is 0.497 e. The molecule has 2 N–H and O–H groups in total. The Balaban J connectivity index is 1.97. The molecular weight excluding hydrogens is 351 g/mol. The summed E-state index contributed by atoms with van der Waals surface area (Å²) in [6.45, 7) is -0.349. The molecule has 6 nitrogen and oxygen atoms in total. The predicted octanol–water partition coefficient (Wildman–Crippen LogP) is 1.93. The molecule has 1 heterocycles. The fourth-order valence-electron chi connectivity index (χ4n) is 2.52.